The summed E-state index contributed by atoms with van der Waals surface area (Å²) in [6, 6.07) is 0. The van der Waals surface area contributed by atoms with E-state index in [1.165, 1.54) is 0 Å². The van der Waals surface area contributed by atoms with E-state index in [2.05, 4.69) is 58.5 Å². The molecule has 0 atom stereocenters. The van der Waals surface area contributed by atoms with Crippen LogP contribution in [0.3, 0.4) is 0 Å². The Morgan fingerprint density at radius 2 is 1.64 bits per heavy atom. The van der Waals surface area contributed by atoms with Crippen LogP contribution in [0.1, 0.15) is 48.5 Å². The number of hydrogen-bond donors (Lipinski definition) is 0. The zero-order valence-electron chi connectivity index (χ0n) is 11.1. The van der Waals surface area contributed by atoms with Gasteiger partial charge in [0.25, 0.3) is 0 Å². The van der Waals surface area contributed by atoms with E-state index >= 15 is 0 Å². The molecule has 0 saturated carbocycles. The lowest BCUT2D eigenvalue weighted by molar-refractivity contribution is -0.0142. The van der Waals surface area contributed by atoms with Crippen LogP contribution in [0.5, 0.6) is 0 Å². The van der Waals surface area contributed by atoms with Gasteiger partial charge in [-0.1, -0.05) is 18.9 Å². The molecule has 0 unspecified atom stereocenters. The molecule has 0 rings (SSSR count). The van der Waals surface area contributed by atoms with Crippen molar-refractivity contribution < 1.29 is 0 Å². The number of nitrogens with zero attached hydrogens (tertiary/aromatic N) is 2. The first-order chi connectivity index (χ1) is 6.32. The molecule has 0 heterocycles. The predicted octanol–water partition coefficient (Wildman–Crippen LogP) is 2.84. The molecular formula is C12H28N2+. The summed E-state index contributed by atoms with van der Waals surface area (Å²) < 4.78 is 0. The molecule has 0 aromatic heterocycles. The normalized spacial score (nSPS) is 13.3. The Balaban J connectivity index is 4.45. The first-order valence-electron chi connectivity index (χ1n) is 5.85. The smallest absolute Gasteiger partial charge is 0.101 e. The molecule has 14 heavy (non-hydrogen) atoms. The molecule has 0 aromatic carbocycles. The summed E-state index contributed by atoms with van der Waals surface area (Å²) in [5.41, 5.74) is 0.236. The van der Waals surface area contributed by atoms with Gasteiger partial charge in [0.15, 0.2) is 0 Å². The second kappa shape index (κ2) is 5.72. The van der Waals surface area contributed by atoms with Gasteiger partial charge in [-0.3, -0.25) is 0 Å². The maximum absolute atomic E-state index is 2.47. The third kappa shape index (κ3) is 4.43. The molecule has 1 radical (unpaired) electrons. The van der Waals surface area contributed by atoms with E-state index in [-0.39, 0.29) is 5.54 Å². The average Bonchev–Trinajstić information content (AvgIpc) is 2.00. The molecule has 0 fully saturated rings. The Hall–Kier alpha value is -0.0800. The Labute approximate surface area is 90.2 Å². The van der Waals surface area contributed by atoms with Crippen molar-refractivity contribution in [2.24, 2.45) is 5.92 Å². The van der Waals surface area contributed by atoms with Crippen molar-refractivity contribution in [3.63, 3.8) is 0 Å². The molecule has 0 aromatic rings. The second-order valence-electron chi connectivity index (χ2n) is 5.29. The number of hydrazine groups is 1. The van der Waals surface area contributed by atoms with Gasteiger partial charge in [-0.05, 0) is 34.6 Å². The van der Waals surface area contributed by atoms with E-state index in [0.717, 1.165) is 25.6 Å². The van der Waals surface area contributed by atoms with E-state index in [1.807, 2.05) is 0 Å². The fraction of sp³-hybridized carbons (Fsp3) is 1.00. The Morgan fingerprint density at radius 3 is 1.86 bits per heavy atom. The van der Waals surface area contributed by atoms with Crippen molar-refractivity contribution in [1.29, 1.82) is 0 Å². The third-order valence-corrected chi connectivity index (χ3v) is 2.36. The lowest BCUT2D eigenvalue weighted by Crippen LogP contribution is -2.57. The summed E-state index contributed by atoms with van der Waals surface area (Å²) in [6.07, 6.45) is 0. The summed E-state index contributed by atoms with van der Waals surface area (Å²) in [5.74, 6) is 0.728. The van der Waals surface area contributed by atoms with Crippen LogP contribution >= 0.6 is 0 Å². The van der Waals surface area contributed by atoms with Crippen LogP contribution in [0, 0.1) is 5.92 Å². The Bertz CT molecular complexity index is 147. The van der Waals surface area contributed by atoms with Crippen LogP contribution in [0.25, 0.3) is 0 Å². The van der Waals surface area contributed by atoms with Gasteiger partial charge in [-0.15, -0.1) is 5.01 Å². The van der Waals surface area contributed by atoms with E-state index in [9.17, 15) is 0 Å². The standard InChI is InChI=1S/C12H28N2/c1-8-13(10-11(3)4)14(9-2)12(5,6)7/h11H,8-10H2,1-7H3/q+1. The van der Waals surface area contributed by atoms with Crippen LogP contribution in [-0.2, 0) is 0 Å². The molecule has 0 N–H and O–H groups in total. The maximum Gasteiger partial charge on any atom is 0.147 e. The van der Waals surface area contributed by atoms with Crippen LogP contribution in [0.2, 0.25) is 0 Å². The zero-order chi connectivity index (χ0) is 11.4. The van der Waals surface area contributed by atoms with Crippen molar-refractivity contribution in [2.75, 3.05) is 19.6 Å². The molecule has 0 saturated heterocycles. The Kier molecular flexibility index (Phi) is 5.68. The van der Waals surface area contributed by atoms with Gasteiger partial charge < -0.3 is 0 Å². The lowest BCUT2D eigenvalue weighted by atomic mass is 10.1. The first kappa shape index (κ1) is 13.9. The topological polar surface area (TPSA) is 9.14 Å². The van der Waals surface area contributed by atoms with E-state index in [1.54, 1.807) is 0 Å². The first-order valence-corrected chi connectivity index (χ1v) is 5.85. The van der Waals surface area contributed by atoms with Crippen molar-refractivity contribution in [1.82, 2.24) is 10.0 Å². The summed E-state index contributed by atoms with van der Waals surface area (Å²) in [5, 5.41) is 4.93. The molecule has 0 spiro atoms. The Morgan fingerprint density at radius 1 is 1.14 bits per heavy atom. The SMILES string of the molecule is CCN([N+](CC)CC(C)C)C(C)(C)C. The summed E-state index contributed by atoms with van der Waals surface area (Å²) >= 11 is 0. The average molecular weight is 200 g/mol. The van der Waals surface area contributed by atoms with Gasteiger partial charge in [0, 0.05) is 5.92 Å². The molecule has 2 nitrogen and oxygen atoms in total. The number of rotatable bonds is 5. The monoisotopic (exact) mass is 200 g/mol. The highest BCUT2D eigenvalue weighted by atomic mass is 15.6. The number of hydrogen-bond acceptors (Lipinski definition) is 2. The van der Waals surface area contributed by atoms with Crippen molar-refractivity contribution in [3.8, 4) is 0 Å². The highest BCUT2D eigenvalue weighted by molar-refractivity contribution is 4.76. The molecular weight excluding hydrogens is 172 g/mol. The van der Waals surface area contributed by atoms with E-state index in [0.29, 0.717) is 0 Å². The molecule has 85 valence electrons. The third-order valence-electron chi connectivity index (χ3n) is 2.36. The van der Waals surface area contributed by atoms with Crippen molar-refractivity contribution in [3.05, 3.63) is 0 Å². The lowest BCUT2D eigenvalue weighted by Gasteiger charge is -2.34. The van der Waals surface area contributed by atoms with Gasteiger partial charge in [-0.25, -0.2) is 0 Å². The van der Waals surface area contributed by atoms with Crippen LogP contribution in [0.4, 0.5) is 0 Å². The minimum atomic E-state index is 0.236. The predicted molar refractivity (Wildman–Crippen MR) is 64.5 cm³/mol. The molecule has 0 aliphatic rings. The van der Waals surface area contributed by atoms with Gasteiger partial charge >= 0.3 is 0 Å². The molecule has 2 heteroatoms. The highest BCUT2D eigenvalue weighted by Crippen LogP contribution is 2.15. The fourth-order valence-corrected chi connectivity index (χ4v) is 1.92. The van der Waals surface area contributed by atoms with Crippen LogP contribution < -0.4 is 5.01 Å². The van der Waals surface area contributed by atoms with Crippen molar-refractivity contribution in [2.45, 2.75) is 54.0 Å². The minimum absolute atomic E-state index is 0.236. The quantitative estimate of drug-likeness (QED) is 0.490. The highest BCUT2D eigenvalue weighted by Gasteiger charge is 2.33. The minimum Gasteiger partial charge on any atom is -0.101 e. The molecule has 0 amide bonds. The molecule has 0 aliphatic heterocycles. The summed E-state index contributed by atoms with van der Waals surface area (Å²) in [4.78, 5) is 0. The molecule has 0 aliphatic carbocycles. The molecule has 0 bridgehead atoms. The van der Waals surface area contributed by atoms with Gasteiger partial charge in [-0.2, -0.15) is 0 Å². The van der Waals surface area contributed by atoms with Crippen LogP contribution in [0.15, 0.2) is 0 Å². The summed E-state index contributed by atoms with van der Waals surface area (Å²) in [6.45, 7) is 19.2. The van der Waals surface area contributed by atoms with Gasteiger partial charge in [0.2, 0.25) is 0 Å². The largest absolute Gasteiger partial charge is 0.147 e. The summed E-state index contributed by atoms with van der Waals surface area (Å²) in [7, 11) is 0. The second-order valence-corrected chi connectivity index (χ2v) is 5.29. The van der Waals surface area contributed by atoms with Crippen LogP contribution in [-0.4, -0.2) is 30.2 Å². The van der Waals surface area contributed by atoms with Gasteiger partial charge in [0.1, 0.15) is 13.1 Å². The van der Waals surface area contributed by atoms with E-state index < -0.39 is 0 Å². The zero-order valence-corrected chi connectivity index (χ0v) is 11.1. The fourth-order valence-electron chi connectivity index (χ4n) is 1.92. The van der Waals surface area contributed by atoms with Crippen molar-refractivity contribution >= 4 is 0 Å². The van der Waals surface area contributed by atoms with Gasteiger partial charge in [0.05, 0.1) is 12.1 Å². The van der Waals surface area contributed by atoms with E-state index in [4.69, 9.17) is 0 Å². The maximum atomic E-state index is 2.47.